The van der Waals surface area contributed by atoms with Crippen LogP contribution in [0.4, 0.5) is 0 Å². The number of aromatic nitrogens is 6. The SMILES string of the molecule is On1nnc2ccccc21.c1ccc2[nH]nnc2c1. The van der Waals surface area contributed by atoms with E-state index in [0.717, 1.165) is 15.9 Å². The summed E-state index contributed by atoms with van der Waals surface area (Å²) >= 11 is 0. The Morgan fingerprint density at radius 2 is 1.63 bits per heavy atom. The highest BCUT2D eigenvalue weighted by Gasteiger charge is 1.98. The Balaban J connectivity index is 0.000000117. The van der Waals surface area contributed by atoms with Gasteiger partial charge in [0.25, 0.3) is 0 Å². The predicted octanol–water partition coefficient (Wildman–Crippen LogP) is 1.63. The van der Waals surface area contributed by atoms with E-state index in [9.17, 15) is 0 Å². The van der Waals surface area contributed by atoms with Gasteiger partial charge in [-0.15, -0.1) is 10.2 Å². The van der Waals surface area contributed by atoms with Crippen LogP contribution < -0.4 is 0 Å². The molecule has 7 heteroatoms. The highest BCUT2D eigenvalue weighted by molar-refractivity contribution is 5.73. The molecule has 19 heavy (non-hydrogen) atoms. The van der Waals surface area contributed by atoms with Gasteiger partial charge in [-0.25, -0.2) is 0 Å². The molecular formula is C12H10N6O. The zero-order valence-electron chi connectivity index (χ0n) is 9.80. The van der Waals surface area contributed by atoms with Crippen molar-refractivity contribution < 1.29 is 5.21 Å². The molecule has 0 saturated heterocycles. The first-order chi connectivity index (χ1) is 9.34. The molecule has 0 bridgehead atoms. The molecule has 7 nitrogen and oxygen atoms in total. The van der Waals surface area contributed by atoms with Gasteiger partial charge in [0.05, 0.1) is 5.52 Å². The van der Waals surface area contributed by atoms with Crippen molar-refractivity contribution >= 4 is 22.1 Å². The minimum Gasteiger partial charge on any atom is -0.410 e. The van der Waals surface area contributed by atoms with Crippen molar-refractivity contribution in [1.29, 1.82) is 0 Å². The molecule has 0 radical (unpaired) electrons. The van der Waals surface area contributed by atoms with Crippen LogP contribution in [0.1, 0.15) is 0 Å². The lowest BCUT2D eigenvalue weighted by Gasteiger charge is -1.85. The first-order valence-corrected chi connectivity index (χ1v) is 5.60. The van der Waals surface area contributed by atoms with E-state index in [2.05, 4.69) is 25.7 Å². The van der Waals surface area contributed by atoms with Gasteiger partial charge in [-0.2, -0.15) is 0 Å². The topological polar surface area (TPSA) is 92.5 Å². The van der Waals surface area contributed by atoms with Crippen molar-refractivity contribution in [2.45, 2.75) is 0 Å². The van der Waals surface area contributed by atoms with E-state index >= 15 is 0 Å². The van der Waals surface area contributed by atoms with Crippen molar-refractivity contribution in [3.8, 4) is 0 Å². The van der Waals surface area contributed by atoms with Gasteiger partial charge in [0, 0.05) is 0 Å². The second-order valence-electron chi connectivity index (χ2n) is 3.80. The summed E-state index contributed by atoms with van der Waals surface area (Å²) in [5, 5.41) is 26.3. The van der Waals surface area contributed by atoms with Crippen LogP contribution in [0.3, 0.4) is 0 Å². The van der Waals surface area contributed by atoms with Crippen LogP contribution in [0.2, 0.25) is 0 Å². The van der Waals surface area contributed by atoms with Crippen LogP contribution in [0.15, 0.2) is 48.5 Å². The monoisotopic (exact) mass is 254 g/mol. The van der Waals surface area contributed by atoms with E-state index in [4.69, 9.17) is 5.21 Å². The summed E-state index contributed by atoms with van der Waals surface area (Å²) in [5.41, 5.74) is 3.22. The number of nitrogens with one attached hydrogen (secondary N) is 1. The number of fused-ring (bicyclic) bond motifs is 2. The Bertz CT molecular complexity index is 776. The zero-order valence-corrected chi connectivity index (χ0v) is 9.80. The number of aromatic amines is 1. The summed E-state index contributed by atoms with van der Waals surface area (Å²) in [4.78, 5) is 0.759. The lowest BCUT2D eigenvalue weighted by Crippen LogP contribution is -1.90. The van der Waals surface area contributed by atoms with Crippen molar-refractivity contribution in [1.82, 2.24) is 30.6 Å². The Hall–Kier alpha value is -2.96. The molecule has 94 valence electrons. The Labute approximate surface area is 107 Å². The predicted molar refractivity (Wildman–Crippen MR) is 68.6 cm³/mol. The molecule has 0 aliphatic rings. The normalized spacial score (nSPS) is 10.3. The van der Waals surface area contributed by atoms with Crippen molar-refractivity contribution in [3.05, 3.63) is 48.5 Å². The molecule has 0 saturated carbocycles. The number of nitrogens with zero attached hydrogens (tertiary/aromatic N) is 5. The molecule has 0 spiro atoms. The summed E-state index contributed by atoms with van der Waals surface area (Å²) in [6.45, 7) is 0. The number of rotatable bonds is 0. The zero-order chi connectivity index (χ0) is 13.1. The Morgan fingerprint density at radius 3 is 2.42 bits per heavy atom. The summed E-state index contributed by atoms with van der Waals surface area (Å²) < 4.78 is 0. The third-order valence-electron chi connectivity index (χ3n) is 2.57. The van der Waals surface area contributed by atoms with Crippen LogP contribution in [-0.4, -0.2) is 35.8 Å². The van der Waals surface area contributed by atoms with E-state index in [1.165, 1.54) is 0 Å². The fraction of sp³-hybridized carbons (Fsp3) is 0. The van der Waals surface area contributed by atoms with Crippen LogP contribution in [0.25, 0.3) is 22.1 Å². The molecule has 0 aliphatic heterocycles. The first kappa shape index (κ1) is 11.1. The quantitative estimate of drug-likeness (QED) is 0.465. The first-order valence-electron chi connectivity index (χ1n) is 5.60. The minimum atomic E-state index is 0.627. The van der Waals surface area contributed by atoms with Gasteiger partial charge in [-0.1, -0.05) is 34.3 Å². The van der Waals surface area contributed by atoms with Gasteiger partial charge >= 0.3 is 0 Å². The summed E-state index contributed by atoms with van der Waals surface area (Å²) in [6, 6.07) is 14.9. The smallest absolute Gasteiger partial charge is 0.130 e. The Kier molecular flexibility index (Phi) is 2.77. The van der Waals surface area contributed by atoms with Crippen LogP contribution in [0.5, 0.6) is 0 Å². The lowest BCUT2D eigenvalue weighted by atomic mass is 10.3. The molecule has 0 atom stereocenters. The van der Waals surface area contributed by atoms with Gasteiger partial charge in [-0.3, -0.25) is 5.10 Å². The Morgan fingerprint density at radius 1 is 0.895 bits per heavy atom. The maximum absolute atomic E-state index is 8.95. The molecule has 4 rings (SSSR count). The fourth-order valence-electron chi connectivity index (χ4n) is 1.64. The third-order valence-corrected chi connectivity index (χ3v) is 2.57. The summed E-state index contributed by atoms with van der Waals surface area (Å²) in [5.74, 6) is 0. The highest BCUT2D eigenvalue weighted by Crippen LogP contribution is 2.06. The number of hydrogen-bond donors (Lipinski definition) is 2. The number of benzene rings is 2. The molecule has 0 amide bonds. The van der Waals surface area contributed by atoms with Crippen molar-refractivity contribution in [2.24, 2.45) is 0 Å². The van der Waals surface area contributed by atoms with E-state index < -0.39 is 0 Å². The van der Waals surface area contributed by atoms with E-state index in [1.807, 2.05) is 36.4 Å². The van der Waals surface area contributed by atoms with Gasteiger partial charge in [0.2, 0.25) is 0 Å². The number of H-pyrrole nitrogens is 1. The second-order valence-corrected chi connectivity index (χ2v) is 3.80. The maximum atomic E-state index is 8.95. The van der Waals surface area contributed by atoms with Crippen LogP contribution >= 0.6 is 0 Å². The van der Waals surface area contributed by atoms with Crippen molar-refractivity contribution in [3.63, 3.8) is 0 Å². The third kappa shape index (κ3) is 2.21. The molecule has 0 unspecified atom stereocenters. The fourth-order valence-corrected chi connectivity index (χ4v) is 1.64. The summed E-state index contributed by atoms with van der Waals surface area (Å²) in [7, 11) is 0. The van der Waals surface area contributed by atoms with E-state index in [1.54, 1.807) is 12.1 Å². The molecule has 0 aliphatic carbocycles. The molecule has 2 aromatic heterocycles. The van der Waals surface area contributed by atoms with E-state index in [0.29, 0.717) is 11.0 Å². The highest BCUT2D eigenvalue weighted by atomic mass is 16.5. The van der Waals surface area contributed by atoms with Crippen molar-refractivity contribution in [2.75, 3.05) is 0 Å². The van der Waals surface area contributed by atoms with Gasteiger partial charge < -0.3 is 5.21 Å². The number of para-hydroxylation sites is 2. The minimum absolute atomic E-state index is 0.627. The molecule has 4 aromatic rings. The van der Waals surface area contributed by atoms with Gasteiger partial charge in [0.1, 0.15) is 16.6 Å². The van der Waals surface area contributed by atoms with Crippen LogP contribution in [0, 0.1) is 0 Å². The average Bonchev–Trinajstić information content (AvgIpc) is 3.07. The standard InChI is InChI=1S/C6H5N3O.C6H5N3/c10-9-6-4-2-1-3-5(6)7-8-9;1-2-4-6-5(3-1)7-9-8-6/h1-4,10H;1-4H,(H,7,8,9). The lowest BCUT2D eigenvalue weighted by molar-refractivity contribution is 0.155. The average molecular weight is 254 g/mol. The summed E-state index contributed by atoms with van der Waals surface area (Å²) in [6.07, 6.45) is 0. The maximum Gasteiger partial charge on any atom is 0.130 e. The molecule has 2 N–H and O–H groups in total. The van der Waals surface area contributed by atoms with Gasteiger partial charge in [0.15, 0.2) is 0 Å². The molecule has 2 heterocycles. The molecule has 2 aromatic carbocycles. The second kappa shape index (κ2) is 4.73. The van der Waals surface area contributed by atoms with E-state index in [-0.39, 0.29) is 0 Å². The largest absolute Gasteiger partial charge is 0.410 e. The van der Waals surface area contributed by atoms with Crippen LogP contribution in [-0.2, 0) is 0 Å². The van der Waals surface area contributed by atoms with Gasteiger partial charge in [-0.05, 0) is 29.5 Å². The molecule has 0 fully saturated rings. The number of hydrogen-bond acceptors (Lipinski definition) is 5. The molecular weight excluding hydrogens is 244 g/mol.